The number of methoxy groups -OCH3 is 2. The minimum Gasteiger partial charge on any atom is -0.493 e. The molecular weight excluding hydrogens is 316 g/mol. The van der Waals surface area contributed by atoms with E-state index in [1.54, 1.807) is 14.2 Å². The predicted molar refractivity (Wildman–Crippen MR) is 98.2 cm³/mol. The number of nitrogens with zero attached hydrogens (tertiary/aromatic N) is 1. The predicted octanol–water partition coefficient (Wildman–Crippen LogP) is 3.09. The maximum Gasteiger partial charge on any atom is 0.241 e. The lowest BCUT2D eigenvalue weighted by atomic mass is 9.97. The van der Waals surface area contributed by atoms with Crippen LogP contribution < -0.4 is 14.8 Å². The van der Waals surface area contributed by atoms with Crippen molar-refractivity contribution in [3.63, 3.8) is 0 Å². The number of amides is 1. The Bertz CT molecular complexity index is 746. The van der Waals surface area contributed by atoms with Gasteiger partial charge < -0.3 is 14.8 Å². The summed E-state index contributed by atoms with van der Waals surface area (Å²) in [4.78, 5) is 14.7. The lowest BCUT2D eigenvalue weighted by molar-refractivity contribution is -0.121. The van der Waals surface area contributed by atoms with Gasteiger partial charge in [0.1, 0.15) is 0 Å². The third kappa shape index (κ3) is 3.77. The van der Waals surface area contributed by atoms with Gasteiger partial charge in [-0.3, -0.25) is 9.69 Å². The van der Waals surface area contributed by atoms with Gasteiger partial charge in [-0.1, -0.05) is 18.2 Å². The fourth-order valence-electron chi connectivity index (χ4n) is 3.17. The van der Waals surface area contributed by atoms with E-state index < -0.39 is 0 Å². The Labute approximate surface area is 148 Å². The first-order chi connectivity index (χ1) is 12.1. The van der Waals surface area contributed by atoms with Crippen LogP contribution in [0.2, 0.25) is 0 Å². The Morgan fingerprint density at radius 3 is 2.36 bits per heavy atom. The lowest BCUT2D eigenvalue weighted by Gasteiger charge is -2.33. The maximum absolute atomic E-state index is 12.5. The molecule has 2 aromatic rings. The summed E-state index contributed by atoms with van der Waals surface area (Å²) in [6.07, 6.45) is 0.888. The van der Waals surface area contributed by atoms with Crippen LogP contribution >= 0.6 is 0 Å². The second-order valence-electron chi connectivity index (χ2n) is 6.23. The van der Waals surface area contributed by atoms with Crippen LogP contribution in [-0.2, 0) is 17.8 Å². The molecule has 5 heteroatoms. The number of rotatable bonds is 5. The SMILES string of the molecule is COc1cc2c(cc1OC)CN([C@@H](C)C(=O)Nc1ccccc1)CC2. The Morgan fingerprint density at radius 2 is 1.72 bits per heavy atom. The van der Waals surface area contributed by atoms with Crippen molar-refractivity contribution in [1.29, 1.82) is 0 Å². The standard InChI is InChI=1S/C20H24N2O3/c1-14(20(23)21-17-7-5-4-6-8-17)22-10-9-15-11-18(24-2)19(25-3)12-16(15)13-22/h4-8,11-12,14H,9-10,13H2,1-3H3,(H,21,23)/t14-/m0/s1. The average molecular weight is 340 g/mol. The van der Waals surface area contributed by atoms with Gasteiger partial charge in [0.05, 0.1) is 20.3 Å². The Morgan fingerprint density at radius 1 is 1.08 bits per heavy atom. The molecule has 1 amide bonds. The van der Waals surface area contributed by atoms with Crippen LogP contribution in [0.5, 0.6) is 11.5 Å². The molecule has 0 radical (unpaired) electrons. The van der Waals surface area contributed by atoms with Crippen LogP contribution in [0.1, 0.15) is 18.1 Å². The molecule has 0 fully saturated rings. The van der Waals surface area contributed by atoms with E-state index in [0.29, 0.717) is 0 Å². The first kappa shape index (κ1) is 17.3. The minimum atomic E-state index is -0.207. The van der Waals surface area contributed by atoms with Crippen molar-refractivity contribution in [3.05, 3.63) is 53.6 Å². The summed E-state index contributed by atoms with van der Waals surface area (Å²) in [6.45, 7) is 3.51. The molecular formula is C20H24N2O3. The molecule has 5 nitrogen and oxygen atoms in total. The molecule has 1 heterocycles. The highest BCUT2D eigenvalue weighted by Crippen LogP contribution is 2.33. The van der Waals surface area contributed by atoms with Crippen molar-refractivity contribution >= 4 is 11.6 Å². The molecule has 3 rings (SSSR count). The van der Waals surface area contributed by atoms with Gasteiger partial charge in [0.15, 0.2) is 11.5 Å². The van der Waals surface area contributed by atoms with Crippen molar-refractivity contribution in [3.8, 4) is 11.5 Å². The van der Waals surface area contributed by atoms with E-state index in [0.717, 1.165) is 36.7 Å². The van der Waals surface area contributed by atoms with Crippen LogP contribution in [-0.4, -0.2) is 37.6 Å². The quantitative estimate of drug-likeness (QED) is 0.909. The number of carbonyl (C=O) groups excluding carboxylic acids is 1. The van der Waals surface area contributed by atoms with Gasteiger partial charge in [-0.2, -0.15) is 0 Å². The van der Waals surface area contributed by atoms with E-state index in [4.69, 9.17) is 9.47 Å². The number of ether oxygens (including phenoxy) is 2. The lowest BCUT2D eigenvalue weighted by Crippen LogP contribution is -2.44. The van der Waals surface area contributed by atoms with Crippen LogP contribution in [0.25, 0.3) is 0 Å². The smallest absolute Gasteiger partial charge is 0.241 e. The highest BCUT2D eigenvalue weighted by Gasteiger charge is 2.26. The molecule has 0 spiro atoms. The van der Waals surface area contributed by atoms with Crippen molar-refractivity contribution in [2.75, 3.05) is 26.1 Å². The molecule has 2 aromatic carbocycles. The van der Waals surface area contributed by atoms with E-state index in [2.05, 4.69) is 10.2 Å². The van der Waals surface area contributed by atoms with Gasteiger partial charge in [-0.15, -0.1) is 0 Å². The van der Waals surface area contributed by atoms with Crippen molar-refractivity contribution < 1.29 is 14.3 Å². The Kier molecular flexibility index (Phi) is 5.24. The zero-order chi connectivity index (χ0) is 17.8. The zero-order valence-corrected chi connectivity index (χ0v) is 14.9. The topological polar surface area (TPSA) is 50.8 Å². The van der Waals surface area contributed by atoms with Crippen LogP contribution in [0.4, 0.5) is 5.69 Å². The number of benzene rings is 2. The molecule has 0 aliphatic carbocycles. The van der Waals surface area contributed by atoms with Crippen LogP contribution in [0.3, 0.4) is 0 Å². The molecule has 25 heavy (non-hydrogen) atoms. The van der Waals surface area contributed by atoms with Gasteiger partial charge in [0, 0.05) is 18.8 Å². The summed E-state index contributed by atoms with van der Waals surface area (Å²) in [6, 6.07) is 13.4. The zero-order valence-electron chi connectivity index (χ0n) is 14.9. The molecule has 0 saturated heterocycles. The summed E-state index contributed by atoms with van der Waals surface area (Å²) in [7, 11) is 3.29. The minimum absolute atomic E-state index is 0.00938. The highest BCUT2D eigenvalue weighted by molar-refractivity contribution is 5.94. The molecule has 132 valence electrons. The van der Waals surface area contributed by atoms with Gasteiger partial charge in [-0.05, 0) is 48.7 Å². The monoisotopic (exact) mass is 340 g/mol. The Hall–Kier alpha value is -2.53. The van der Waals surface area contributed by atoms with Gasteiger partial charge >= 0.3 is 0 Å². The summed E-state index contributed by atoms with van der Waals surface area (Å²) in [5.41, 5.74) is 3.26. The molecule has 0 bridgehead atoms. The highest BCUT2D eigenvalue weighted by atomic mass is 16.5. The first-order valence-corrected chi connectivity index (χ1v) is 8.46. The Balaban J connectivity index is 1.72. The number of hydrogen-bond donors (Lipinski definition) is 1. The normalized spacial score (nSPS) is 15.2. The fraction of sp³-hybridized carbons (Fsp3) is 0.350. The number of carbonyl (C=O) groups is 1. The summed E-state index contributed by atoms with van der Waals surface area (Å²) in [5, 5.41) is 2.98. The fourth-order valence-corrected chi connectivity index (χ4v) is 3.17. The van der Waals surface area contributed by atoms with Crippen molar-refractivity contribution in [2.24, 2.45) is 0 Å². The average Bonchev–Trinajstić information content (AvgIpc) is 2.66. The molecule has 1 aliphatic heterocycles. The number of anilines is 1. The van der Waals surface area contributed by atoms with Gasteiger partial charge in [-0.25, -0.2) is 0 Å². The van der Waals surface area contributed by atoms with E-state index in [1.807, 2.05) is 49.4 Å². The summed E-state index contributed by atoms with van der Waals surface area (Å²) >= 11 is 0. The number of nitrogens with one attached hydrogen (secondary N) is 1. The first-order valence-electron chi connectivity index (χ1n) is 8.46. The number of para-hydroxylation sites is 1. The molecule has 0 saturated carbocycles. The maximum atomic E-state index is 12.5. The summed E-state index contributed by atoms with van der Waals surface area (Å²) < 4.78 is 10.8. The largest absolute Gasteiger partial charge is 0.493 e. The molecule has 1 aliphatic rings. The second-order valence-corrected chi connectivity index (χ2v) is 6.23. The molecule has 0 unspecified atom stereocenters. The van der Waals surface area contributed by atoms with E-state index in [9.17, 15) is 4.79 Å². The number of hydrogen-bond acceptors (Lipinski definition) is 4. The third-order valence-corrected chi connectivity index (χ3v) is 4.72. The van der Waals surface area contributed by atoms with E-state index >= 15 is 0 Å². The van der Waals surface area contributed by atoms with Crippen molar-refractivity contribution in [2.45, 2.75) is 25.9 Å². The number of fused-ring (bicyclic) bond motifs is 1. The van der Waals surface area contributed by atoms with Crippen LogP contribution in [0, 0.1) is 0 Å². The summed E-state index contributed by atoms with van der Waals surface area (Å²) in [5.74, 6) is 1.49. The van der Waals surface area contributed by atoms with Crippen LogP contribution in [0.15, 0.2) is 42.5 Å². The molecule has 1 atom stereocenters. The molecule has 0 aromatic heterocycles. The van der Waals surface area contributed by atoms with E-state index in [1.165, 1.54) is 11.1 Å². The van der Waals surface area contributed by atoms with Gasteiger partial charge in [0.25, 0.3) is 0 Å². The second kappa shape index (κ2) is 7.57. The molecule has 1 N–H and O–H groups in total. The van der Waals surface area contributed by atoms with Crippen molar-refractivity contribution in [1.82, 2.24) is 4.90 Å². The van der Waals surface area contributed by atoms with E-state index in [-0.39, 0.29) is 11.9 Å². The third-order valence-electron chi connectivity index (χ3n) is 4.72. The van der Waals surface area contributed by atoms with Gasteiger partial charge in [0.2, 0.25) is 5.91 Å².